The Kier molecular flexibility index (Phi) is 35.1. The fourth-order valence-corrected chi connectivity index (χ4v) is 17.4. The molecule has 0 unspecified atom stereocenters. The normalized spacial score (nSPS) is 10.5. The molecular weight excluding hydrogens is 1690 g/mol. The van der Waals surface area contributed by atoms with Crippen LogP contribution in [-0.2, 0) is 41.3 Å². The van der Waals surface area contributed by atoms with Gasteiger partial charge in [0, 0.05) is 153 Å². The van der Waals surface area contributed by atoms with E-state index in [-0.39, 0.29) is 19.6 Å². The SMILES string of the molecule is Nc1ccc(Nc2ccc(N)cc2)cc1.Nc1ccc(S(=O)(=O)c2ccc(N)cc2)cc1.Nc1ccc(S(=O)c2ccc(N)cc2)cc1.Nc1ccc(Sc2ccc(N)cc2)cc1.Nc1cccc(Nc2cccc(N)c2)c1.Nc1cccc(S(=O)(=O)c2cccc(N)c2)c1.Nc1cccc(S(=O)c2cccc(N)c2)c1.Nc1cccc(Sc2cccc(N)c2)c1. The first-order valence-corrected chi connectivity index (χ1v) is 45.1. The second-order valence-corrected chi connectivity index (χ2v) is 36.5. The number of nitrogens with two attached hydrogens (primary N) is 16. The highest BCUT2D eigenvalue weighted by molar-refractivity contribution is 7.99. The molecule has 34 N–H and O–H groups in total. The summed E-state index contributed by atoms with van der Waals surface area (Å²) in [4.78, 5) is 8.22. The van der Waals surface area contributed by atoms with E-state index in [0.29, 0.717) is 55.3 Å². The van der Waals surface area contributed by atoms with Gasteiger partial charge in [0.25, 0.3) is 0 Å². The molecule has 0 heterocycles. The van der Waals surface area contributed by atoms with Crippen molar-refractivity contribution in [3.63, 3.8) is 0 Å². The van der Waals surface area contributed by atoms with Crippen molar-refractivity contribution in [3.05, 3.63) is 388 Å². The molecule has 16 rings (SSSR count). The summed E-state index contributed by atoms with van der Waals surface area (Å²) in [5.74, 6) is 0. The molecule has 0 amide bonds. The van der Waals surface area contributed by atoms with Crippen molar-refractivity contribution >= 4 is 179 Å². The lowest BCUT2D eigenvalue weighted by molar-refractivity contribution is 0.594. The van der Waals surface area contributed by atoms with E-state index in [2.05, 4.69) is 10.6 Å². The van der Waals surface area contributed by atoms with Crippen molar-refractivity contribution < 1.29 is 25.3 Å². The van der Waals surface area contributed by atoms with E-state index in [4.69, 9.17) is 91.7 Å². The highest BCUT2D eigenvalue weighted by Gasteiger charge is 2.19. The van der Waals surface area contributed by atoms with Gasteiger partial charge in [0.15, 0.2) is 0 Å². The lowest BCUT2D eigenvalue weighted by atomic mass is 10.2. The minimum absolute atomic E-state index is 0.170. The van der Waals surface area contributed by atoms with Crippen molar-refractivity contribution in [1.29, 1.82) is 0 Å². The summed E-state index contributed by atoms with van der Waals surface area (Å²) in [6, 6.07) is 114. The molecule has 0 aliphatic rings. The Labute approximate surface area is 747 Å². The number of sulfone groups is 2. The Bertz CT molecular complexity index is 5930. The van der Waals surface area contributed by atoms with E-state index in [1.54, 1.807) is 169 Å². The first kappa shape index (κ1) is 94.7. The lowest BCUT2D eigenvalue weighted by Crippen LogP contribution is -2.03. The van der Waals surface area contributed by atoms with Gasteiger partial charge < -0.3 is 102 Å². The second-order valence-electron chi connectivity index (χ2n) is 27.3. The van der Waals surface area contributed by atoms with Crippen LogP contribution >= 0.6 is 23.5 Å². The Morgan fingerprint density at radius 1 is 0.183 bits per heavy atom. The van der Waals surface area contributed by atoms with E-state index in [0.717, 1.165) is 87.8 Å². The fraction of sp³-hybridized carbons (Fsp3) is 0. The van der Waals surface area contributed by atoms with Gasteiger partial charge in [-0.2, -0.15) is 0 Å². The largest absolute Gasteiger partial charge is 0.399 e. The van der Waals surface area contributed by atoms with E-state index in [1.165, 1.54) is 58.3 Å². The molecule has 0 fully saturated rings. The van der Waals surface area contributed by atoms with Crippen LogP contribution in [0.2, 0.25) is 0 Å². The standard InChI is InChI=1S/2C12H13N3.2C12H12N2O2S.2C12H12N2OS.2C12H12N2S/c13-9-1-5-11(6-2-9)15-12-7-3-10(14)4-8-12;13-9-3-1-5-11(7-9)15-12-6-2-4-10(14)8-12;13-9-1-5-11(6-2-9)17(15,16)12-7-3-10(14)4-8-12;13-9-3-1-5-11(7-9)17(15,16)12-6-2-4-10(14)8-12;13-9-1-5-11(6-2-9)16(15)12-7-3-10(14)4-8-12;13-9-3-1-5-11(7-9)16(15)12-6-2-4-10(14)8-12;13-9-1-5-11(6-2-9)15-12-7-3-10(14)4-8-12;13-9-3-1-5-11(7-9)15-12-6-2-4-10(14)8-12/h2*1-8,15H,13-14H2;2*1-8H,13-14H2;2*1-8H,13-14H2;2*1-8H,13-14H2. The first-order valence-electron chi connectivity index (χ1n) is 38.2. The van der Waals surface area contributed by atoms with Gasteiger partial charge in [-0.1, -0.05) is 72.1 Å². The molecule has 0 saturated heterocycles. The maximum atomic E-state index is 12.2. The van der Waals surface area contributed by atoms with Gasteiger partial charge in [0.05, 0.1) is 41.2 Å². The number of anilines is 20. The van der Waals surface area contributed by atoms with Crippen LogP contribution in [0.1, 0.15) is 0 Å². The molecule has 0 spiro atoms. The highest BCUT2D eigenvalue weighted by atomic mass is 32.2. The average Bonchev–Trinajstić information content (AvgIpc) is 0.810. The minimum atomic E-state index is -3.54. The van der Waals surface area contributed by atoms with Crippen LogP contribution < -0.4 is 102 Å². The van der Waals surface area contributed by atoms with E-state index in [9.17, 15) is 25.3 Å². The van der Waals surface area contributed by atoms with Gasteiger partial charge in [-0.05, 0) is 340 Å². The molecular formula is C96H98N18O6S6. The molecule has 0 atom stereocenters. The molecule has 16 aromatic carbocycles. The maximum Gasteiger partial charge on any atom is 0.206 e. The molecule has 126 heavy (non-hydrogen) atoms. The predicted octanol–water partition coefficient (Wildman–Crippen LogP) is 18.6. The summed E-state index contributed by atoms with van der Waals surface area (Å²) >= 11 is 3.35. The number of nitrogens with one attached hydrogen (secondary N) is 2. The Morgan fingerprint density at radius 2 is 0.413 bits per heavy atom. The van der Waals surface area contributed by atoms with Crippen molar-refractivity contribution in [3.8, 4) is 0 Å². The molecule has 0 saturated carbocycles. The van der Waals surface area contributed by atoms with Gasteiger partial charge in [0.1, 0.15) is 0 Å². The van der Waals surface area contributed by atoms with Crippen LogP contribution in [0.5, 0.6) is 0 Å². The Hall–Kier alpha value is -15.2. The summed E-state index contributed by atoms with van der Waals surface area (Å²) in [6.45, 7) is 0. The molecule has 24 nitrogen and oxygen atoms in total. The van der Waals surface area contributed by atoms with Crippen LogP contribution in [0.4, 0.5) is 114 Å². The number of benzene rings is 16. The van der Waals surface area contributed by atoms with Gasteiger partial charge in [-0.3, -0.25) is 0 Å². The molecule has 16 aromatic rings. The third-order valence-electron chi connectivity index (χ3n) is 17.2. The van der Waals surface area contributed by atoms with Crippen LogP contribution in [0.15, 0.2) is 447 Å². The van der Waals surface area contributed by atoms with Crippen molar-refractivity contribution in [2.45, 2.75) is 58.7 Å². The summed E-state index contributed by atoms with van der Waals surface area (Å²) in [5, 5.41) is 6.47. The van der Waals surface area contributed by atoms with E-state index < -0.39 is 41.3 Å². The summed E-state index contributed by atoms with van der Waals surface area (Å²) in [6.07, 6.45) is 0. The molecule has 0 aromatic heterocycles. The fourth-order valence-electron chi connectivity index (χ4n) is 10.8. The third kappa shape index (κ3) is 31.4. The van der Waals surface area contributed by atoms with Crippen molar-refractivity contribution in [1.82, 2.24) is 0 Å². The zero-order valence-corrected chi connectivity index (χ0v) is 73.0. The lowest BCUT2D eigenvalue weighted by Gasteiger charge is -2.07. The molecule has 0 bridgehead atoms. The zero-order valence-electron chi connectivity index (χ0n) is 68.1. The zero-order chi connectivity index (χ0) is 90.7. The monoisotopic (exact) mass is 1790 g/mol. The van der Waals surface area contributed by atoms with E-state index in [1.807, 2.05) is 194 Å². The van der Waals surface area contributed by atoms with Gasteiger partial charge in [-0.25, -0.2) is 25.3 Å². The summed E-state index contributed by atoms with van der Waals surface area (Å²) in [7, 11) is -9.43. The molecule has 0 aliphatic carbocycles. The number of rotatable bonds is 16. The summed E-state index contributed by atoms with van der Waals surface area (Å²) < 4.78 is 73.1. The van der Waals surface area contributed by atoms with E-state index >= 15 is 0 Å². The second kappa shape index (κ2) is 46.7. The van der Waals surface area contributed by atoms with Crippen molar-refractivity contribution in [2.75, 3.05) is 102 Å². The Balaban J connectivity index is 0.000000163. The van der Waals surface area contributed by atoms with Crippen LogP contribution in [0.3, 0.4) is 0 Å². The van der Waals surface area contributed by atoms with Gasteiger partial charge in [-0.15, -0.1) is 0 Å². The van der Waals surface area contributed by atoms with Gasteiger partial charge >= 0.3 is 0 Å². The number of nitrogen functional groups attached to an aromatic ring is 16. The van der Waals surface area contributed by atoms with Gasteiger partial charge in [0.2, 0.25) is 19.7 Å². The van der Waals surface area contributed by atoms with Crippen LogP contribution in [0, 0.1) is 0 Å². The highest BCUT2D eigenvalue weighted by Crippen LogP contribution is 2.33. The van der Waals surface area contributed by atoms with Crippen LogP contribution in [0.25, 0.3) is 0 Å². The van der Waals surface area contributed by atoms with Crippen LogP contribution in [-0.4, -0.2) is 25.3 Å². The molecule has 30 heteroatoms. The summed E-state index contributed by atoms with van der Waals surface area (Å²) in [5.41, 5.74) is 104. The smallest absolute Gasteiger partial charge is 0.206 e. The minimum Gasteiger partial charge on any atom is -0.399 e. The average molecular weight is 1790 g/mol. The predicted molar refractivity (Wildman–Crippen MR) is 529 cm³/mol. The quantitative estimate of drug-likeness (QED) is 0.0400. The number of hydrogen-bond donors (Lipinski definition) is 18. The molecule has 0 radical (unpaired) electrons. The topological polar surface area (TPSA) is 543 Å². The third-order valence-corrected chi connectivity index (χ3v) is 25.5. The maximum absolute atomic E-state index is 12.2. The van der Waals surface area contributed by atoms with Crippen molar-refractivity contribution in [2.24, 2.45) is 0 Å². The number of hydrogen-bond acceptors (Lipinski definition) is 26. The first-order chi connectivity index (χ1) is 60.3. The molecule has 0 aliphatic heterocycles. The Morgan fingerprint density at radius 3 is 0.714 bits per heavy atom. The molecule has 644 valence electrons.